The molecule has 0 aromatic heterocycles. The third-order valence-corrected chi connectivity index (χ3v) is 10.7. The molecule has 0 spiro atoms. The molecular formula is C27H42O. The Labute approximate surface area is 173 Å². The zero-order valence-electron chi connectivity index (χ0n) is 18.9. The Kier molecular flexibility index (Phi) is 4.48. The second-order valence-corrected chi connectivity index (χ2v) is 12.1. The molecule has 0 aromatic rings. The summed E-state index contributed by atoms with van der Waals surface area (Å²) < 4.78 is 0. The van der Waals surface area contributed by atoms with Crippen molar-refractivity contribution in [2.75, 3.05) is 0 Å². The van der Waals surface area contributed by atoms with Crippen LogP contribution < -0.4 is 0 Å². The monoisotopic (exact) mass is 382 g/mol. The highest BCUT2D eigenvalue weighted by Crippen LogP contribution is 2.75. The largest absolute Gasteiger partial charge is 0.392 e. The molecule has 5 aliphatic carbocycles. The average molecular weight is 383 g/mol. The van der Waals surface area contributed by atoms with E-state index in [9.17, 15) is 5.11 Å². The van der Waals surface area contributed by atoms with Gasteiger partial charge in [-0.15, -0.1) is 0 Å². The molecule has 1 N–H and O–H groups in total. The Balaban J connectivity index is 1.44. The Hall–Kier alpha value is -0.560. The maximum Gasteiger partial charge on any atom is 0.0608 e. The number of hydrogen-bond acceptors (Lipinski definition) is 1. The van der Waals surface area contributed by atoms with E-state index in [4.69, 9.17) is 0 Å². The second-order valence-electron chi connectivity index (χ2n) is 12.1. The van der Waals surface area contributed by atoms with Crippen molar-refractivity contribution in [3.05, 3.63) is 23.3 Å². The first-order valence-corrected chi connectivity index (χ1v) is 12.3. The van der Waals surface area contributed by atoms with Crippen molar-refractivity contribution in [3.8, 4) is 0 Å². The molecule has 4 fully saturated rings. The van der Waals surface area contributed by atoms with Gasteiger partial charge < -0.3 is 5.11 Å². The lowest BCUT2D eigenvalue weighted by molar-refractivity contribution is -0.0653. The third-order valence-electron chi connectivity index (χ3n) is 10.7. The van der Waals surface area contributed by atoms with Crippen LogP contribution in [0.4, 0.5) is 0 Å². The summed E-state index contributed by atoms with van der Waals surface area (Å²) in [6, 6.07) is 0. The molecule has 1 heteroatoms. The van der Waals surface area contributed by atoms with Crippen molar-refractivity contribution in [2.45, 2.75) is 92.1 Å². The van der Waals surface area contributed by atoms with E-state index < -0.39 is 0 Å². The Morgan fingerprint density at radius 3 is 2.75 bits per heavy atom. The van der Waals surface area contributed by atoms with E-state index in [2.05, 4.69) is 46.8 Å². The van der Waals surface area contributed by atoms with Crippen LogP contribution in [-0.2, 0) is 0 Å². The zero-order chi connectivity index (χ0) is 19.8. The maximum atomic E-state index is 11.0. The van der Waals surface area contributed by atoms with Crippen LogP contribution in [0.3, 0.4) is 0 Å². The van der Waals surface area contributed by atoms with Gasteiger partial charge in [-0.25, -0.2) is 0 Å². The molecule has 4 bridgehead atoms. The molecule has 156 valence electrons. The first-order chi connectivity index (χ1) is 13.3. The molecule has 28 heavy (non-hydrogen) atoms. The van der Waals surface area contributed by atoms with Crippen LogP contribution in [-0.4, -0.2) is 11.2 Å². The van der Waals surface area contributed by atoms with Gasteiger partial charge in [0.1, 0.15) is 0 Å². The molecule has 5 aliphatic rings. The summed E-state index contributed by atoms with van der Waals surface area (Å²) in [7, 11) is 0. The predicted octanol–water partition coefficient (Wildman–Crippen LogP) is 6.77. The summed E-state index contributed by atoms with van der Waals surface area (Å²) in [5.74, 6) is 5.66. The van der Waals surface area contributed by atoms with E-state index in [0.717, 1.165) is 41.9 Å². The van der Waals surface area contributed by atoms with Gasteiger partial charge in [-0.3, -0.25) is 0 Å². The minimum absolute atomic E-state index is 0.0665. The van der Waals surface area contributed by atoms with Crippen molar-refractivity contribution < 1.29 is 5.11 Å². The van der Waals surface area contributed by atoms with Gasteiger partial charge in [-0.05, 0) is 112 Å². The smallest absolute Gasteiger partial charge is 0.0608 e. The summed E-state index contributed by atoms with van der Waals surface area (Å²) >= 11 is 0. The van der Waals surface area contributed by atoms with Gasteiger partial charge in [0.05, 0.1) is 6.10 Å². The molecule has 0 saturated heterocycles. The molecule has 0 amide bonds. The molecule has 0 radical (unpaired) electrons. The molecule has 0 aliphatic heterocycles. The summed E-state index contributed by atoms with van der Waals surface area (Å²) in [4.78, 5) is 0. The van der Waals surface area contributed by atoms with Gasteiger partial charge in [-0.2, -0.15) is 0 Å². The van der Waals surface area contributed by atoms with Gasteiger partial charge in [0, 0.05) is 5.92 Å². The lowest BCUT2D eigenvalue weighted by Crippen LogP contribution is -2.49. The van der Waals surface area contributed by atoms with Crippen molar-refractivity contribution in [1.29, 1.82) is 0 Å². The minimum atomic E-state index is -0.0665. The number of hydrogen-bond donors (Lipinski definition) is 1. The van der Waals surface area contributed by atoms with Crippen molar-refractivity contribution in [1.82, 2.24) is 0 Å². The van der Waals surface area contributed by atoms with Crippen LogP contribution in [0.5, 0.6) is 0 Å². The van der Waals surface area contributed by atoms with Crippen LogP contribution in [0.1, 0.15) is 86.0 Å². The fourth-order valence-electron chi connectivity index (χ4n) is 9.75. The molecule has 0 aromatic carbocycles. The fraction of sp³-hybridized carbons (Fsp3) is 0.852. The second kappa shape index (κ2) is 6.47. The van der Waals surface area contributed by atoms with E-state index in [1.165, 1.54) is 50.5 Å². The molecule has 1 nitrogen and oxygen atoms in total. The predicted molar refractivity (Wildman–Crippen MR) is 117 cm³/mol. The highest BCUT2D eigenvalue weighted by atomic mass is 16.3. The first kappa shape index (κ1) is 19.4. The summed E-state index contributed by atoms with van der Waals surface area (Å²) in [6.07, 6.45) is 15.5. The summed E-state index contributed by atoms with van der Waals surface area (Å²) in [6.45, 7) is 12.3. The van der Waals surface area contributed by atoms with Crippen molar-refractivity contribution in [2.24, 2.45) is 52.3 Å². The van der Waals surface area contributed by atoms with Crippen LogP contribution in [0.15, 0.2) is 23.3 Å². The SMILES string of the molecule is CC(C)=CCC[C@@H](C)[C@H]1CC[C@H]2[C@@H]3CC=C4C5[C@@H](C[C@]12C)C3[C@@]4(C)CC[C@H]5O. The normalized spacial score (nSPS) is 52.1. The zero-order valence-corrected chi connectivity index (χ0v) is 18.9. The Bertz CT molecular complexity index is 699. The van der Waals surface area contributed by atoms with Gasteiger partial charge in [0.25, 0.3) is 0 Å². The van der Waals surface area contributed by atoms with E-state index in [-0.39, 0.29) is 6.10 Å². The van der Waals surface area contributed by atoms with Gasteiger partial charge in [0.15, 0.2) is 0 Å². The first-order valence-electron chi connectivity index (χ1n) is 12.3. The molecular weight excluding hydrogens is 340 g/mol. The molecule has 2 unspecified atom stereocenters. The van der Waals surface area contributed by atoms with Crippen molar-refractivity contribution >= 4 is 0 Å². The maximum absolute atomic E-state index is 11.0. The minimum Gasteiger partial charge on any atom is -0.392 e. The van der Waals surface area contributed by atoms with E-state index in [1.807, 2.05) is 0 Å². The lowest BCUT2D eigenvalue weighted by Gasteiger charge is -2.55. The highest BCUT2D eigenvalue weighted by Gasteiger charge is 2.69. The number of rotatable bonds is 4. The van der Waals surface area contributed by atoms with Gasteiger partial charge >= 0.3 is 0 Å². The fourth-order valence-corrected chi connectivity index (χ4v) is 9.75. The number of allylic oxidation sites excluding steroid dienone is 3. The third kappa shape index (κ3) is 2.47. The average Bonchev–Trinajstić information content (AvgIpc) is 2.99. The number of aliphatic hydroxyl groups is 1. The topological polar surface area (TPSA) is 20.2 Å². The quantitative estimate of drug-likeness (QED) is 0.532. The summed E-state index contributed by atoms with van der Waals surface area (Å²) in [5, 5.41) is 11.0. The number of aliphatic hydroxyl groups excluding tert-OH is 1. The standard InChI is InChI=1S/C27H42O/c1-16(2)7-6-8-17(3)20-11-12-21-18-9-10-22-24-19(15-27(20,21)5)25(18)26(22,4)14-13-23(24)28/h7,10,17-21,23-25,28H,6,8-9,11-15H2,1-5H3/t17-,18+,19-,20-,21+,23-,24?,25?,26+,27-/m1/s1. The molecule has 10 atom stereocenters. The molecule has 0 heterocycles. The molecule has 4 saturated carbocycles. The molecule has 5 rings (SSSR count). The van der Waals surface area contributed by atoms with E-state index in [1.54, 1.807) is 5.57 Å². The highest BCUT2D eigenvalue weighted by molar-refractivity contribution is 5.35. The van der Waals surface area contributed by atoms with Crippen LogP contribution in [0.2, 0.25) is 0 Å². The summed E-state index contributed by atoms with van der Waals surface area (Å²) in [5.41, 5.74) is 4.08. The van der Waals surface area contributed by atoms with Gasteiger partial charge in [-0.1, -0.05) is 44.1 Å². The Morgan fingerprint density at radius 1 is 1.21 bits per heavy atom. The van der Waals surface area contributed by atoms with Gasteiger partial charge in [0.2, 0.25) is 0 Å². The Morgan fingerprint density at radius 2 is 2.00 bits per heavy atom. The van der Waals surface area contributed by atoms with Crippen LogP contribution in [0, 0.1) is 52.3 Å². The lowest BCUT2D eigenvalue weighted by atomic mass is 9.49. The van der Waals surface area contributed by atoms with Crippen LogP contribution >= 0.6 is 0 Å². The van der Waals surface area contributed by atoms with E-state index >= 15 is 0 Å². The van der Waals surface area contributed by atoms with Crippen molar-refractivity contribution in [3.63, 3.8) is 0 Å². The van der Waals surface area contributed by atoms with Crippen LogP contribution in [0.25, 0.3) is 0 Å². The number of fused-ring (bicyclic) bond motifs is 3. The van der Waals surface area contributed by atoms with E-state index in [0.29, 0.717) is 16.7 Å².